The predicted octanol–water partition coefficient (Wildman–Crippen LogP) is 1.46. The summed E-state index contributed by atoms with van der Waals surface area (Å²) >= 11 is 0. The van der Waals surface area contributed by atoms with Crippen LogP contribution in [0.15, 0.2) is 0 Å². The summed E-state index contributed by atoms with van der Waals surface area (Å²) in [5.41, 5.74) is 5.54. The molecule has 0 spiro atoms. The molecule has 5 nitrogen and oxygen atoms in total. The van der Waals surface area contributed by atoms with Crippen molar-refractivity contribution in [3.63, 3.8) is 0 Å². The van der Waals surface area contributed by atoms with Gasteiger partial charge in [0, 0.05) is 7.05 Å². The summed E-state index contributed by atoms with van der Waals surface area (Å²) in [6.07, 6.45) is 4.58. The van der Waals surface area contributed by atoms with Gasteiger partial charge >= 0.3 is 5.97 Å². The van der Waals surface area contributed by atoms with E-state index in [2.05, 4.69) is 5.32 Å². The Hall–Kier alpha value is -1.10. The van der Waals surface area contributed by atoms with Crippen molar-refractivity contribution in [3.8, 4) is 0 Å². The van der Waals surface area contributed by atoms with Gasteiger partial charge in [0.15, 0.2) is 0 Å². The molecule has 0 aliphatic heterocycles. The van der Waals surface area contributed by atoms with Crippen molar-refractivity contribution < 1.29 is 14.3 Å². The molecule has 112 valence electrons. The molecule has 5 heteroatoms. The topological polar surface area (TPSA) is 81.4 Å². The van der Waals surface area contributed by atoms with Gasteiger partial charge in [-0.1, -0.05) is 33.6 Å². The van der Waals surface area contributed by atoms with E-state index in [0.717, 1.165) is 12.8 Å². The summed E-state index contributed by atoms with van der Waals surface area (Å²) < 4.78 is 5.08. The second-order valence-electron chi connectivity index (χ2n) is 4.68. The van der Waals surface area contributed by atoms with Crippen LogP contribution >= 0.6 is 0 Å². The smallest absolute Gasteiger partial charge is 0.308 e. The van der Waals surface area contributed by atoms with E-state index < -0.39 is 6.04 Å². The Kier molecular flexibility index (Phi) is 9.21. The highest BCUT2D eigenvalue weighted by Gasteiger charge is 2.28. The van der Waals surface area contributed by atoms with E-state index in [0.29, 0.717) is 5.92 Å². The molecular weight excluding hydrogens is 244 g/mol. The molecule has 1 rings (SSSR count). The van der Waals surface area contributed by atoms with Crippen LogP contribution in [-0.4, -0.2) is 31.6 Å². The van der Waals surface area contributed by atoms with Crippen LogP contribution < -0.4 is 11.1 Å². The van der Waals surface area contributed by atoms with Gasteiger partial charge in [-0.15, -0.1) is 0 Å². The maximum atomic E-state index is 11.7. The number of ether oxygens (including phenoxy) is 1. The molecule has 0 saturated heterocycles. The molecule has 1 aliphatic rings. The van der Waals surface area contributed by atoms with Gasteiger partial charge in [-0.25, -0.2) is 0 Å². The lowest BCUT2D eigenvalue weighted by Gasteiger charge is -2.18. The molecule has 0 radical (unpaired) electrons. The average Bonchev–Trinajstić information content (AvgIpc) is 2.98. The van der Waals surface area contributed by atoms with Crippen molar-refractivity contribution in [2.24, 2.45) is 17.6 Å². The molecule has 0 heterocycles. The third-order valence-electron chi connectivity index (χ3n) is 3.47. The molecule has 3 N–H and O–H groups in total. The highest BCUT2D eigenvalue weighted by molar-refractivity contribution is 5.81. The molecular formula is C14H28N2O3. The standard InChI is InChI=1S/C12H22N2O3.C2H6/c1-8(9-5-3-4-6-9)12(16)17-7-10(13)11(15)14-2;1-2/h8-10H,3-7,13H2,1-2H3,(H,14,15);1-2H3. The minimum Gasteiger partial charge on any atom is -0.463 e. The Morgan fingerprint density at radius 3 is 2.32 bits per heavy atom. The zero-order chi connectivity index (χ0) is 14.8. The summed E-state index contributed by atoms with van der Waals surface area (Å²) in [5, 5.41) is 2.42. The average molecular weight is 272 g/mol. The second-order valence-corrected chi connectivity index (χ2v) is 4.68. The number of hydrogen-bond donors (Lipinski definition) is 2. The van der Waals surface area contributed by atoms with Crippen LogP contribution in [0.3, 0.4) is 0 Å². The number of rotatable bonds is 5. The van der Waals surface area contributed by atoms with Crippen molar-refractivity contribution in [1.29, 1.82) is 0 Å². The van der Waals surface area contributed by atoms with Gasteiger partial charge in [0.1, 0.15) is 12.6 Å². The Balaban J connectivity index is 0.00000154. The van der Waals surface area contributed by atoms with Crippen LogP contribution in [0, 0.1) is 11.8 Å². The molecule has 1 aliphatic carbocycles. The van der Waals surface area contributed by atoms with E-state index in [1.54, 1.807) is 0 Å². The first-order valence-corrected chi connectivity index (χ1v) is 7.20. The van der Waals surface area contributed by atoms with E-state index in [4.69, 9.17) is 10.5 Å². The third-order valence-corrected chi connectivity index (χ3v) is 3.47. The number of amides is 1. The van der Waals surface area contributed by atoms with Gasteiger partial charge in [0.2, 0.25) is 5.91 Å². The molecule has 1 fully saturated rings. The van der Waals surface area contributed by atoms with Gasteiger partial charge in [-0.2, -0.15) is 0 Å². The maximum Gasteiger partial charge on any atom is 0.308 e. The summed E-state index contributed by atoms with van der Waals surface area (Å²) in [4.78, 5) is 22.9. The molecule has 2 atom stereocenters. The number of nitrogens with two attached hydrogens (primary N) is 1. The molecule has 0 bridgehead atoms. The zero-order valence-corrected chi connectivity index (χ0v) is 12.6. The highest BCUT2D eigenvalue weighted by atomic mass is 16.5. The molecule has 0 aromatic heterocycles. The Bertz CT molecular complexity index is 276. The first-order chi connectivity index (χ1) is 9.06. The number of likely N-dealkylation sites (N-methyl/N-ethyl adjacent to an activating group) is 1. The molecule has 1 amide bonds. The van der Waals surface area contributed by atoms with E-state index >= 15 is 0 Å². The summed E-state index contributed by atoms with van der Waals surface area (Å²) in [7, 11) is 1.51. The van der Waals surface area contributed by atoms with Crippen LogP contribution in [0.2, 0.25) is 0 Å². The lowest BCUT2D eigenvalue weighted by molar-refractivity contribution is -0.150. The number of carbonyl (C=O) groups excluding carboxylic acids is 2. The predicted molar refractivity (Wildman–Crippen MR) is 75.5 cm³/mol. The Morgan fingerprint density at radius 1 is 1.32 bits per heavy atom. The molecule has 0 aromatic carbocycles. The molecule has 0 aromatic rings. The fraction of sp³-hybridized carbons (Fsp3) is 0.857. The van der Waals surface area contributed by atoms with Crippen molar-refractivity contribution in [2.45, 2.75) is 52.5 Å². The SMILES string of the molecule is CC.CNC(=O)C(N)COC(=O)C(C)C1CCCC1. The van der Waals surface area contributed by atoms with E-state index in [1.165, 1.54) is 19.9 Å². The number of carbonyl (C=O) groups is 2. The van der Waals surface area contributed by atoms with Gasteiger partial charge < -0.3 is 15.8 Å². The Morgan fingerprint density at radius 2 is 1.84 bits per heavy atom. The van der Waals surface area contributed by atoms with Crippen LogP contribution in [0.5, 0.6) is 0 Å². The molecule has 2 unspecified atom stereocenters. The largest absolute Gasteiger partial charge is 0.463 e. The van der Waals surface area contributed by atoms with E-state index in [-0.39, 0.29) is 24.4 Å². The zero-order valence-electron chi connectivity index (χ0n) is 12.6. The monoisotopic (exact) mass is 272 g/mol. The third kappa shape index (κ3) is 6.05. The minimum absolute atomic E-state index is 0.0461. The van der Waals surface area contributed by atoms with Gasteiger partial charge in [-0.3, -0.25) is 9.59 Å². The minimum atomic E-state index is -0.778. The molecule has 19 heavy (non-hydrogen) atoms. The van der Waals surface area contributed by atoms with Crippen molar-refractivity contribution in [1.82, 2.24) is 5.32 Å². The lowest BCUT2D eigenvalue weighted by atomic mass is 9.93. The maximum absolute atomic E-state index is 11.7. The van der Waals surface area contributed by atoms with Crippen LogP contribution in [-0.2, 0) is 14.3 Å². The fourth-order valence-corrected chi connectivity index (χ4v) is 2.21. The summed E-state index contributed by atoms with van der Waals surface area (Å²) in [6, 6.07) is -0.778. The lowest BCUT2D eigenvalue weighted by Crippen LogP contribution is -2.43. The first kappa shape index (κ1) is 17.9. The van der Waals surface area contributed by atoms with Gasteiger partial charge in [0.05, 0.1) is 5.92 Å². The Labute approximate surface area is 116 Å². The normalized spacial score (nSPS) is 17.9. The van der Waals surface area contributed by atoms with E-state index in [1.807, 2.05) is 20.8 Å². The van der Waals surface area contributed by atoms with Gasteiger partial charge in [0.25, 0.3) is 0 Å². The van der Waals surface area contributed by atoms with Crippen LogP contribution in [0.1, 0.15) is 46.5 Å². The van der Waals surface area contributed by atoms with Crippen molar-refractivity contribution in [3.05, 3.63) is 0 Å². The number of hydrogen-bond acceptors (Lipinski definition) is 4. The number of nitrogens with one attached hydrogen (secondary N) is 1. The fourth-order valence-electron chi connectivity index (χ4n) is 2.21. The molecule has 1 saturated carbocycles. The van der Waals surface area contributed by atoms with Crippen molar-refractivity contribution in [2.75, 3.05) is 13.7 Å². The van der Waals surface area contributed by atoms with Gasteiger partial charge in [-0.05, 0) is 18.8 Å². The quantitative estimate of drug-likeness (QED) is 0.742. The van der Waals surface area contributed by atoms with Crippen LogP contribution in [0.25, 0.3) is 0 Å². The van der Waals surface area contributed by atoms with Crippen molar-refractivity contribution >= 4 is 11.9 Å². The first-order valence-electron chi connectivity index (χ1n) is 7.20. The second kappa shape index (κ2) is 9.78. The summed E-state index contributed by atoms with van der Waals surface area (Å²) in [6.45, 7) is 5.85. The number of esters is 1. The van der Waals surface area contributed by atoms with Crippen LogP contribution in [0.4, 0.5) is 0 Å². The summed E-state index contributed by atoms with van der Waals surface area (Å²) in [5.74, 6) is -0.212. The highest BCUT2D eigenvalue weighted by Crippen LogP contribution is 2.31. The van der Waals surface area contributed by atoms with E-state index in [9.17, 15) is 9.59 Å².